The van der Waals surface area contributed by atoms with Gasteiger partial charge in [-0.2, -0.15) is 5.10 Å². The Labute approximate surface area is 142 Å². The molecular formula is C19H24N2O3. The summed E-state index contributed by atoms with van der Waals surface area (Å²) < 4.78 is 5.08. The summed E-state index contributed by atoms with van der Waals surface area (Å²) in [5, 5.41) is 13.7. The third-order valence-electron chi connectivity index (χ3n) is 6.10. The molecule has 1 aromatic rings. The molecule has 24 heavy (non-hydrogen) atoms. The number of phenolic OH excluding ortho intramolecular Hbond substituents is 1. The van der Waals surface area contributed by atoms with Crippen LogP contribution < -0.4 is 10.2 Å². The van der Waals surface area contributed by atoms with Crippen molar-refractivity contribution in [3.8, 4) is 11.5 Å². The Hall–Kier alpha value is -2.04. The van der Waals surface area contributed by atoms with Crippen molar-refractivity contribution >= 4 is 12.1 Å². The van der Waals surface area contributed by atoms with Gasteiger partial charge in [0.15, 0.2) is 11.5 Å². The predicted molar refractivity (Wildman–Crippen MR) is 91.0 cm³/mol. The molecule has 0 unspecified atom stereocenters. The van der Waals surface area contributed by atoms with Crippen LogP contribution in [0.25, 0.3) is 0 Å². The van der Waals surface area contributed by atoms with E-state index in [0.717, 1.165) is 42.6 Å². The molecular weight excluding hydrogens is 304 g/mol. The molecule has 1 aromatic carbocycles. The number of phenols is 1. The monoisotopic (exact) mass is 328 g/mol. The zero-order valence-corrected chi connectivity index (χ0v) is 14.0. The van der Waals surface area contributed by atoms with Crippen molar-refractivity contribution < 1.29 is 14.6 Å². The quantitative estimate of drug-likeness (QED) is 0.659. The summed E-state index contributed by atoms with van der Waals surface area (Å²) >= 11 is 0. The maximum absolute atomic E-state index is 12.8. The summed E-state index contributed by atoms with van der Waals surface area (Å²) in [5.41, 5.74) is 3.36. The van der Waals surface area contributed by atoms with Gasteiger partial charge in [-0.1, -0.05) is 0 Å². The van der Waals surface area contributed by atoms with Crippen LogP contribution in [0.2, 0.25) is 0 Å². The fourth-order valence-corrected chi connectivity index (χ4v) is 5.45. The van der Waals surface area contributed by atoms with E-state index in [1.807, 2.05) is 0 Å². The van der Waals surface area contributed by atoms with Crippen molar-refractivity contribution in [3.05, 3.63) is 23.8 Å². The van der Waals surface area contributed by atoms with E-state index in [-0.39, 0.29) is 17.1 Å². The first-order valence-corrected chi connectivity index (χ1v) is 8.78. The minimum Gasteiger partial charge on any atom is -0.504 e. The summed E-state index contributed by atoms with van der Waals surface area (Å²) in [6.07, 6.45) is 8.67. The maximum Gasteiger partial charge on any atom is 0.246 e. The van der Waals surface area contributed by atoms with Crippen LogP contribution in [0.1, 0.15) is 44.1 Å². The summed E-state index contributed by atoms with van der Waals surface area (Å²) in [6, 6.07) is 4.98. The SMILES string of the molecule is COc1cc(/C=N/NC(=O)C23CC4CC(CC(C4)C2)C3)ccc1O. The highest BCUT2D eigenvalue weighted by Crippen LogP contribution is 2.60. The van der Waals surface area contributed by atoms with Gasteiger partial charge in [-0.25, -0.2) is 5.43 Å². The van der Waals surface area contributed by atoms with Crippen LogP contribution in [0.5, 0.6) is 11.5 Å². The summed E-state index contributed by atoms with van der Waals surface area (Å²) in [5.74, 6) is 2.80. The molecule has 0 atom stereocenters. The zero-order chi connectivity index (χ0) is 16.7. The topological polar surface area (TPSA) is 70.9 Å². The van der Waals surface area contributed by atoms with Crippen molar-refractivity contribution in [1.29, 1.82) is 0 Å². The molecule has 0 aromatic heterocycles. The number of aromatic hydroxyl groups is 1. The van der Waals surface area contributed by atoms with Gasteiger partial charge in [0, 0.05) is 0 Å². The molecule has 0 spiro atoms. The molecule has 5 nitrogen and oxygen atoms in total. The van der Waals surface area contributed by atoms with E-state index >= 15 is 0 Å². The molecule has 4 bridgehead atoms. The number of benzene rings is 1. The number of ether oxygens (including phenoxy) is 1. The molecule has 5 heteroatoms. The number of rotatable bonds is 4. The smallest absolute Gasteiger partial charge is 0.246 e. The van der Waals surface area contributed by atoms with Crippen molar-refractivity contribution in [1.82, 2.24) is 5.43 Å². The van der Waals surface area contributed by atoms with Crippen molar-refractivity contribution in [3.63, 3.8) is 0 Å². The van der Waals surface area contributed by atoms with Gasteiger partial charge in [0.2, 0.25) is 5.91 Å². The van der Waals surface area contributed by atoms with Crippen LogP contribution in [0.15, 0.2) is 23.3 Å². The second-order valence-corrected chi connectivity index (χ2v) is 7.83. The molecule has 0 radical (unpaired) electrons. The molecule has 4 saturated carbocycles. The fraction of sp³-hybridized carbons (Fsp3) is 0.579. The van der Waals surface area contributed by atoms with Crippen molar-refractivity contribution in [2.24, 2.45) is 28.3 Å². The van der Waals surface area contributed by atoms with E-state index in [4.69, 9.17) is 4.74 Å². The second-order valence-electron chi connectivity index (χ2n) is 7.83. The van der Waals surface area contributed by atoms with Crippen LogP contribution in [0.4, 0.5) is 0 Å². The van der Waals surface area contributed by atoms with Gasteiger partial charge in [0.1, 0.15) is 0 Å². The van der Waals surface area contributed by atoms with Crippen molar-refractivity contribution in [2.75, 3.05) is 7.11 Å². The number of amides is 1. The van der Waals surface area contributed by atoms with Crippen LogP contribution in [-0.4, -0.2) is 24.3 Å². The molecule has 0 saturated heterocycles. The van der Waals surface area contributed by atoms with Gasteiger partial charge >= 0.3 is 0 Å². The normalized spacial score (nSPS) is 33.8. The highest BCUT2D eigenvalue weighted by atomic mass is 16.5. The number of carbonyl (C=O) groups excluding carboxylic acids is 1. The van der Waals surface area contributed by atoms with Gasteiger partial charge in [-0.3, -0.25) is 4.79 Å². The Balaban J connectivity index is 1.43. The first-order chi connectivity index (χ1) is 11.6. The number of hydrogen-bond acceptors (Lipinski definition) is 4. The minimum absolute atomic E-state index is 0.0867. The molecule has 1 amide bonds. The third-order valence-corrected chi connectivity index (χ3v) is 6.10. The second kappa shape index (κ2) is 5.80. The number of hydrazone groups is 1. The lowest BCUT2D eigenvalue weighted by Gasteiger charge is -2.55. The summed E-state index contributed by atoms with van der Waals surface area (Å²) in [6.45, 7) is 0. The minimum atomic E-state index is -0.182. The molecule has 4 aliphatic rings. The van der Waals surface area contributed by atoms with Gasteiger partial charge in [0.25, 0.3) is 0 Å². The number of nitrogens with zero attached hydrogens (tertiary/aromatic N) is 1. The van der Waals surface area contributed by atoms with Crippen LogP contribution in [-0.2, 0) is 4.79 Å². The molecule has 0 heterocycles. The molecule has 2 N–H and O–H groups in total. The summed E-state index contributed by atoms with van der Waals surface area (Å²) in [4.78, 5) is 12.8. The Morgan fingerprint density at radius 1 is 1.25 bits per heavy atom. The Morgan fingerprint density at radius 2 is 1.88 bits per heavy atom. The van der Waals surface area contributed by atoms with Gasteiger partial charge in [0.05, 0.1) is 18.7 Å². The average molecular weight is 328 g/mol. The van der Waals surface area contributed by atoms with Gasteiger partial charge in [-0.05, 0) is 80.0 Å². The first kappa shape index (κ1) is 15.5. The Kier molecular flexibility index (Phi) is 3.74. The van der Waals surface area contributed by atoms with Gasteiger partial charge in [-0.15, -0.1) is 0 Å². The van der Waals surface area contributed by atoms with E-state index in [1.54, 1.807) is 24.4 Å². The lowest BCUT2D eigenvalue weighted by atomic mass is 9.49. The predicted octanol–water partition coefficient (Wildman–Crippen LogP) is 3.07. The molecule has 128 valence electrons. The molecule has 4 fully saturated rings. The van der Waals surface area contributed by atoms with Crippen LogP contribution in [0, 0.1) is 23.2 Å². The van der Waals surface area contributed by atoms with E-state index in [2.05, 4.69) is 10.5 Å². The third kappa shape index (κ3) is 2.66. The van der Waals surface area contributed by atoms with Crippen molar-refractivity contribution in [2.45, 2.75) is 38.5 Å². The maximum atomic E-state index is 12.8. The lowest BCUT2D eigenvalue weighted by molar-refractivity contribution is -0.146. The highest BCUT2D eigenvalue weighted by molar-refractivity contribution is 5.86. The lowest BCUT2D eigenvalue weighted by Crippen LogP contribution is -2.52. The summed E-state index contributed by atoms with van der Waals surface area (Å²) in [7, 11) is 1.50. The largest absolute Gasteiger partial charge is 0.504 e. The van der Waals surface area contributed by atoms with E-state index < -0.39 is 0 Å². The fourth-order valence-electron chi connectivity index (χ4n) is 5.45. The number of nitrogens with one attached hydrogen (secondary N) is 1. The molecule has 0 aliphatic heterocycles. The number of hydrogen-bond donors (Lipinski definition) is 2. The highest BCUT2D eigenvalue weighted by Gasteiger charge is 2.54. The Morgan fingerprint density at radius 3 is 2.46 bits per heavy atom. The van der Waals surface area contributed by atoms with Crippen LogP contribution in [0.3, 0.4) is 0 Å². The number of methoxy groups -OCH3 is 1. The molecule has 5 rings (SSSR count). The van der Waals surface area contributed by atoms with Crippen LogP contribution >= 0.6 is 0 Å². The van der Waals surface area contributed by atoms with E-state index in [0.29, 0.717) is 5.75 Å². The zero-order valence-electron chi connectivity index (χ0n) is 14.0. The standard InChI is InChI=1S/C19H24N2O3/c1-24-17-7-12(2-3-16(17)22)11-20-21-18(23)19-8-13-4-14(9-19)6-15(5-13)10-19/h2-3,7,11,13-15,22H,4-6,8-10H2,1H3,(H,21,23)/b20-11+. The number of carbonyl (C=O) groups is 1. The average Bonchev–Trinajstić information content (AvgIpc) is 2.55. The molecule has 4 aliphatic carbocycles. The van der Waals surface area contributed by atoms with E-state index in [9.17, 15) is 9.90 Å². The van der Waals surface area contributed by atoms with Gasteiger partial charge < -0.3 is 9.84 Å². The first-order valence-electron chi connectivity index (χ1n) is 8.78. The van der Waals surface area contributed by atoms with E-state index in [1.165, 1.54) is 26.4 Å². The Bertz CT molecular complexity index is 648.